The van der Waals surface area contributed by atoms with E-state index in [9.17, 15) is 0 Å². The van der Waals surface area contributed by atoms with Crippen molar-refractivity contribution in [2.75, 3.05) is 0 Å². The lowest BCUT2D eigenvalue weighted by molar-refractivity contribution is 0.672. The number of rotatable bonds is 4. The molecule has 9 aromatic carbocycles. The van der Waals surface area contributed by atoms with E-state index in [2.05, 4.69) is 194 Å². The first-order valence-electron chi connectivity index (χ1n) is 21.4. The number of hydrogen-bond acceptors (Lipinski definition) is 5. The fraction of sp³-hybridized carbons (Fsp3) is 0.0351. The van der Waals surface area contributed by atoms with Crippen molar-refractivity contribution in [2.24, 2.45) is 0 Å². The predicted molar refractivity (Wildman–Crippen MR) is 263 cm³/mol. The Morgan fingerprint density at radius 3 is 2.03 bits per heavy atom. The van der Waals surface area contributed by atoms with Crippen molar-refractivity contribution < 1.29 is 4.42 Å². The molecule has 14 rings (SSSR count). The number of fused-ring (bicyclic) bond motifs is 13. The lowest BCUT2D eigenvalue weighted by Gasteiger charge is -2.16. The van der Waals surface area contributed by atoms with Gasteiger partial charge in [0.25, 0.3) is 0 Å². The first kappa shape index (κ1) is 34.7. The number of allylic oxidation sites excluding steroid dienone is 1. The van der Waals surface area contributed by atoms with Crippen molar-refractivity contribution in [2.45, 2.75) is 12.8 Å². The average Bonchev–Trinajstić information content (AvgIpc) is 4.09. The fourth-order valence-corrected chi connectivity index (χ4v) is 11.3. The smallest absolute Gasteiger partial charge is 0.166 e. The molecule has 13 aromatic rings. The molecule has 294 valence electrons. The van der Waals surface area contributed by atoms with Crippen molar-refractivity contribution >= 4 is 103 Å². The molecule has 0 radical (unpaired) electrons. The Morgan fingerprint density at radius 1 is 0.492 bits per heavy atom. The number of thiophene rings is 1. The van der Waals surface area contributed by atoms with Gasteiger partial charge in [-0.3, -0.25) is 0 Å². The van der Waals surface area contributed by atoms with Gasteiger partial charge in [-0.1, -0.05) is 128 Å². The molecule has 1 aliphatic carbocycles. The first-order valence-corrected chi connectivity index (χ1v) is 22.2. The molecular formula is C57H34N4OS. The minimum absolute atomic E-state index is 0.250. The van der Waals surface area contributed by atoms with Gasteiger partial charge in [0.1, 0.15) is 11.2 Å². The zero-order valence-electron chi connectivity index (χ0n) is 34.0. The minimum Gasteiger partial charge on any atom is -0.455 e. The molecule has 0 saturated heterocycles. The third-order valence-corrected chi connectivity index (χ3v) is 14.3. The van der Waals surface area contributed by atoms with Crippen LogP contribution in [0.5, 0.6) is 0 Å². The highest BCUT2D eigenvalue weighted by molar-refractivity contribution is 7.25. The van der Waals surface area contributed by atoms with Crippen molar-refractivity contribution in [3.05, 3.63) is 187 Å². The molecule has 0 amide bonds. The van der Waals surface area contributed by atoms with Crippen molar-refractivity contribution in [1.82, 2.24) is 19.5 Å². The first-order chi connectivity index (χ1) is 31.1. The zero-order chi connectivity index (χ0) is 41.3. The summed E-state index contributed by atoms with van der Waals surface area (Å²) in [6.45, 7) is 2.29. The summed E-state index contributed by atoms with van der Waals surface area (Å²) in [5.74, 6) is 2.09. The summed E-state index contributed by atoms with van der Waals surface area (Å²) in [5.41, 5.74) is 9.04. The number of aromatic nitrogens is 4. The van der Waals surface area contributed by atoms with Crippen LogP contribution in [0.4, 0.5) is 0 Å². The van der Waals surface area contributed by atoms with Crippen molar-refractivity contribution in [3.63, 3.8) is 0 Å². The molecule has 6 heteroatoms. The normalized spacial score (nSPS) is 13.9. The molecule has 1 atom stereocenters. The van der Waals surface area contributed by atoms with E-state index in [4.69, 9.17) is 19.4 Å². The van der Waals surface area contributed by atoms with Gasteiger partial charge in [0, 0.05) is 70.4 Å². The lowest BCUT2D eigenvalue weighted by atomic mass is 10.00. The van der Waals surface area contributed by atoms with Gasteiger partial charge in [-0.25, -0.2) is 15.0 Å². The molecule has 0 fully saturated rings. The maximum Gasteiger partial charge on any atom is 0.166 e. The van der Waals surface area contributed by atoms with Gasteiger partial charge in [0.15, 0.2) is 17.5 Å². The third-order valence-electron chi connectivity index (χ3n) is 13.2. The topological polar surface area (TPSA) is 56.7 Å². The van der Waals surface area contributed by atoms with Gasteiger partial charge < -0.3 is 8.98 Å². The molecule has 0 N–H and O–H groups in total. The van der Waals surface area contributed by atoms with Crippen LogP contribution in [0.1, 0.15) is 24.1 Å². The zero-order valence-corrected chi connectivity index (χ0v) is 34.8. The van der Waals surface area contributed by atoms with Gasteiger partial charge in [-0.15, -0.1) is 11.3 Å². The van der Waals surface area contributed by atoms with E-state index in [1.165, 1.54) is 41.9 Å². The number of furan rings is 1. The van der Waals surface area contributed by atoms with Crippen LogP contribution in [-0.4, -0.2) is 19.5 Å². The van der Waals surface area contributed by atoms with E-state index >= 15 is 0 Å². The van der Waals surface area contributed by atoms with Crippen LogP contribution in [0.2, 0.25) is 0 Å². The molecule has 1 unspecified atom stereocenters. The molecular weight excluding hydrogens is 789 g/mol. The maximum atomic E-state index is 6.94. The van der Waals surface area contributed by atoms with Crippen LogP contribution in [0, 0.1) is 0 Å². The highest BCUT2D eigenvalue weighted by Crippen LogP contribution is 2.46. The van der Waals surface area contributed by atoms with Crippen LogP contribution >= 0.6 is 11.3 Å². The summed E-state index contributed by atoms with van der Waals surface area (Å²) in [5, 5.41) is 12.6. The van der Waals surface area contributed by atoms with Gasteiger partial charge >= 0.3 is 0 Å². The molecule has 5 nitrogen and oxygen atoms in total. The monoisotopic (exact) mass is 822 g/mol. The SMILES string of the molecule is CC1C=Cc2c1c1cc3ccccc3cc1n2-c1cc2oc3c4ccccc4ccc3c2cc1-c1nc(-c2ccc3sc4ccccc4c3c2)nc(-c2cccc3ccccc23)n1. The van der Waals surface area contributed by atoms with Gasteiger partial charge in [0.05, 0.1) is 16.9 Å². The summed E-state index contributed by atoms with van der Waals surface area (Å²) in [7, 11) is 0. The highest BCUT2D eigenvalue weighted by atomic mass is 32.1. The molecule has 0 bridgehead atoms. The fourth-order valence-electron chi connectivity index (χ4n) is 10.2. The van der Waals surface area contributed by atoms with Crippen LogP contribution in [0.15, 0.2) is 180 Å². The van der Waals surface area contributed by atoms with Crippen LogP contribution in [-0.2, 0) is 0 Å². The largest absolute Gasteiger partial charge is 0.455 e. The standard InChI is InChI=1S/C57H34N4OS/c1-32-21-25-47-53(32)45-27-35-13-2-3-14-36(35)29-48(45)61(47)49-31-50-43(41-24-22-34-12-5-7-17-39(34)54(41)62-50)30-46(49)57-59-55(37-23-26-52-44(28-37)40-18-8-9-20-51(40)63-52)58-56(60-57)42-19-10-15-33-11-4-6-16-38(33)42/h2-32H,1H3. The summed E-state index contributed by atoms with van der Waals surface area (Å²) >= 11 is 1.81. The van der Waals surface area contributed by atoms with Crippen molar-refractivity contribution in [3.8, 4) is 39.9 Å². The molecule has 63 heavy (non-hydrogen) atoms. The molecule has 1 aliphatic rings. The average molecular weight is 823 g/mol. The van der Waals surface area contributed by atoms with Crippen LogP contribution in [0.25, 0.3) is 131 Å². The second-order valence-electron chi connectivity index (χ2n) is 16.8. The Morgan fingerprint density at radius 2 is 1.17 bits per heavy atom. The Bertz CT molecular complexity index is 4130. The minimum atomic E-state index is 0.250. The Hall–Kier alpha value is -7.93. The van der Waals surface area contributed by atoms with E-state index in [0.717, 1.165) is 77.1 Å². The molecule has 0 spiro atoms. The lowest BCUT2D eigenvalue weighted by Crippen LogP contribution is -2.05. The van der Waals surface area contributed by atoms with Gasteiger partial charge in [0.2, 0.25) is 0 Å². The van der Waals surface area contributed by atoms with Gasteiger partial charge in [-0.05, 0) is 87.1 Å². The van der Waals surface area contributed by atoms with E-state index in [-0.39, 0.29) is 5.92 Å². The van der Waals surface area contributed by atoms with Crippen LogP contribution < -0.4 is 0 Å². The number of hydrogen-bond donors (Lipinski definition) is 0. The molecule has 0 aliphatic heterocycles. The summed E-state index contributed by atoms with van der Waals surface area (Å²) in [4.78, 5) is 16.3. The quantitative estimate of drug-likeness (QED) is 0.177. The molecule has 0 saturated carbocycles. The molecule has 4 aromatic heterocycles. The Kier molecular flexibility index (Phi) is 7.19. The number of benzene rings is 9. The summed E-state index contributed by atoms with van der Waals surface area (Å²) in [6.07, 6.45) is 4.59. The Balaban J connectivity index is 1.11. The molecule has 4 heterocycles. The van der Waals surface area contributed by atoms with Crippen molar-refractivity contribution in [1.29, 1.82) is 0 Å². The second kappa shape index (κ2) is 13.0. The van der Waals surface area contributed by atoms with E-state index in [1.807, 2.05) is 11.3 Å². The van der Waals surface area contributed by atoms with Gasteiger partial charge in [-0.2, -0.15) is 0 Å². The van der Waals surface area contributed by atoms with E-state index in [1.54, 1.807) is 0 Å². The van der Waals surface area contributed by atoms with E-state index < -0.39 is 0 Å². The van der Waals surface area contributed by atoms with Crippen LogP contribution in [0.3, 0.4) is 0 Å². The predicted octanol–water partition coefficient (Wildman–Crippen LogP) is 15.7. The number of nitrogens with zero attached hydrogens (tertiary/aromatic N) is 4. The van der Waals surface area contributed by atoms with E-state index in [0.29, 0.717) is 17.5 Å². The summed E-state index contributed by atoms with van der Waals surface area (Å²) < 4.78 is 11.9. The third kappa shape index (κ3) is 5.13. The highest BCUT2D eigenvalue weighted by Gasteiger charge is 2.28. The maximum absolute atomic E-state index is 6.94. The second-order valence-corrected chi connectivity index (χ2v) is 17.9. The summed E-state index contributed by atoms with van der Waals surface area (Å²) in [6, 6.07) is 60.7. The Labute approximate surface area is 364 Å².